The highest BCUT2D eigenvalue weighted by molar-refractivity contribution is 6.29. The highest BCUT2D eigenvalue weighted by atomic mass is 35.5. The van der Waals surface area contributed by atoms with Gasteiger partial charge < -0.3 is 0 Å². The molecule has 0 fully saturated rings. The SMILES string of the molecule is Cc1cc(Cl)nc(NC(=O)c2cnn(C)c2)n1. The van der Waals surface area contributed by atoms with E-state index in [1.54, 1.807) is 30.9 Å². The Bertz CT molecular complexity index is 545. The molecule has 2 heterocycles. The summed E-state index contributed by atoms with van der Waals surface area (Å²) in [5.74, 6) is -0.136. The normalized spacial score (nSPS) is 10.3. The summed E-state index contributed by atoms with van der Waals surface area (Å²) in [5, 5.41) is 6.75. The lowest BCUT2D eigenvalue weighted by Gasteiger charge is -2.02. The van der Waals surface area contributed by atoms with Crippen LogP contribution in [0.5, 0.6) is 0 Å². The van der Waals surface area contributed by atoms with E-state index in [2.05, 4.69) is 20.4 Å². The lowest BCUT2D eigenvalue weighted by Crippen LogP contribution is -2.14. The molecule has 2 rings (SSSR count). The van der Waals surface area contributed by atoms with Gasteiger partial charge in [0.25, 0.3) is 5.91 Å². The van der Waals surface area contributed by atoms with Crippen molar-refractivity contribution in [3.8, 4) is 0 Å². The highest BCUT2D eigenvalue weighted by Crippen LogP contribution is 2.10. The van der Waals surface area contributed by atoms with Gasteiger partial charge in [0, 0.05) is 18.9 Å². The number of rotatable bonds is 2. The molecule has 1 N–H and O–H groups in total. The Morgan fingerprint density at radius 1 is 1.47 bits per heavy atom. The topological polar surface area (TPSA) is 72.7 Å². The number of hydrogen-bond acceptors (Lipinski definition) is 4. The van der Waals surface area contributed by atoms with Gasteiger partial charge in [-0.1, -0.05) is 11.6 Å². The molecule has 0 bridgehead atoms. The first-order valence-corrected chi connectivity index (χ1v) is 5.23. The molecule has 0 radical (unpaired) electrons. The number of halogens is 1. The zero-order valence-corrected chi connectivity index (χ0v) is 10.1. The third-order valence-electron chi connectivity index (χ3n) is 2.02. The molecule has 0 aromatic carbocycles. The van der Waals surface area contributed by atoms with Crippen LogP contribution in [0.4, 0.5) is 5.95 Å². The van der Waals surface area contributed by atoms with Gasteiger partial charge in [-0.25, -0.2) is 9.97 Å². The number of carbonyl (C=O) groups excluding carboxylic acids is 1. The molecule has 0 saturated heterocycles. The summed E-state index contributed by atoms with van der Waals surface area (Å²) in [7, 11) is 1.73. The molecule has 0 atom stereocenters. The van der Waals surface area contributed by atoms with Crippen molar-refractivity contribution in [2.75, 3.05) is 5.32 Å². The summed E-state index contributed by atoms with van der Waals surface area (Å²) >= 11 is 5.76. The van der Waals surface area contributed by atoms with Crippen molar-refractivity contribution in [1.29, 1.82) is 0 Å². The van der Waals surface area contributed by atoms with Crippen LogP contribution in [0.2, 0.25) is 5.15 Å². The van der Waals surface area contributed by atoms with E-state index in [4.69, 9.17) is 11.6 Å². The van der Waals surface area contributed by atoms with E-state index in [1.165, 1.54) is 6.20 Å². The van der Waals surface area contributed by atoms with E-state index in [1.807, 2.05) is 0 Å². The van der Waals surface area contributed by atoms with Gasteiger partial charge in [0.1, 0.15) is 5.15 Å². The number of amides is 1. The minimum atomic E-state index is -0.320. The summed E-state index contributed by atoms with van der Waals surface area (Å²) < 4.78 is 1.54. The fourth-order valence-electron chi connectivity index (χ4n) is 1.30. The Kier molecular flexibility index (Phi) is 3.06. The molecule has 17 heavy (non-hydrogen) atoms. The van der Waals surface area contributed by atoms with Crippen molar-refractivity contribution < 1.29 is 4.79 Å². The monoisotopic (exact) mass is 251 g/mol. The largest absolute Gasteiger partial charge is 0.290 e. The second-order valence-corrected chi connectivity index (χ2v) is 3.90. The first kappa shape index (κ1) is 11.5. The molecule has 88 valence electrons. The van der Waals surface area contributed by atoms with Gasteiger partial charge in [0.2, 0.25) is 5.95 Å². The Hall–Kier alpha value is -1.95. The molecule has 0 aliphatic carbocycles. The van der Waals surface area contributed by atoms with Gasteiger partial charge in [-0.2, -0.15) is 5.10 Å². The Morgan fingerprint density at radius 2 is 2.24 bits per heavy atom. The number of aromatic nitrogens is 4. The third kappa shape index (κ3) is 2.79. The quantitative estimate of drug-likeness (QED) is 0.820. The smallest absolute Gasteiger partial charge is 0.261 e. The van der Waals surface area contributed by atoms with E-state index in [0.717, 1.165) is 0 Å². The maximum atomic E-state index is 11.8. The zero-order chi connectivity index (χ0) is 12.4. The summed E-state index contributed by atoms with van der Waals surface area (Å²) in [6.07, 6.45) is 3.07. The molecule has 0 aliphatic heterocycles. The number of hydrogen-bond donors (Lipinski definition) is 1. The molecular formula is C10H10ClN5O. The van der Waals surface area contributed by atoms with Gasteiger partial charge in [-0.15, -0.1) is 0 Å². The molecular weight excluding hydrogens is 242 g/mol. The molecule has 6 nitrogen and oxygen atoms in total. The number of nitrogens with one attached hydrogen (secondary N) is 1. The third-order valence-corrected chi connectivity index (χ3v) is 2.21. The van der Waals surface area contributed by atoms with Crippen LogP contribution in [0.25, 0.3) is 0 Å². The average molecular weight is 252 g/mol. The van der Waals surface area contributed by atoms with Crippen LogP contribution in [-0.4, -0.2) is 25.7 Å². The van der Waals surface area contributed by atoms with Crippen molar-refractivity contribution in [2.24, 2.45) is 7.05 Å². The van der Waals surface area contributed by atoms with Crippen LogP contribution >= 0.6 is 11.6 Å². The Morgan fingerprint density at radius 3 is 2.82 bits per heavy atom. The molecule has 2 aromatic heterocycles. The molecule has 0 unspecified atom stereocenters. The van der Waals surface area contributed by atoms with Crippen molar-refractivity contribution in [2.45, 2.75) is 6.92 Å². The lowest BCUT2D eigenvalue weighted by atomic mass is 10.3. The number of anilines is 1. The van der Waals surface area contributed by atoms with Crippen molar-refractivity contribution in [3.05, 3.63) is 34.9 Å². The number of aryl methyl sites for hydroxylation is 2. The van der Waals surface area contributed by atoms with Crippen LogP contribution in [0, 0.1) is 6.92 Å². The van der Waals surface area contributed by atoms with Crippen LogP contribution in [0.3, 0.4) is 0 Å². The Labute approximate surface area is 103 Å². The lowest BCUT2D eigenvalue weighted by molar-refractivity contribution is 0.102. The molecule has 2 aromatic rings. The molecule has 0 aliphatic rings. The fourth-order valence-corrected chi connectivity index (χ4v) is 1.54. The van der Waals surface area contributed by atoms with Gasteiger partial charge in [-0.05, 0) is 13.0 Å². The maximum Gasteiger partial charge on any atom is 0.261 e. The summed E-state index contributed by atoms with van der Waals surface area (Å²) in [6, 6.07) is 1.61. The van der Waals surface area contributed by atoms with Crippen LogP contribution in [-0.2, 0) is 7.05 Å². The molecule has 1 amide bonds. The van der Waals surface area contributed by atoms with Crippen molar-refractivity contribution >= 4 is 23.5 Å². The summed E-state index contributed by atoms with van der Waals surface area (Å²) in [4.78, 5) is 19.7. The first-order valence-electron chi connectivity index (χ1n) is 4.86. The van der Waals surface area contributed by atoms with Gasteiger partial charge in [0.05, 0.1) is 11.8 Å². The fraction of sp³-hybridized carbons (Fsp3) is 0.200. The Balaban J connectivity index is 2.18. The number of carbonyl (C=O) groups is 1. The summed E-state index contributed by atoms with van der Waals surface area (Å²) in [6.45, 7) is 1.77. The predicted octanol–water partition coefficient (Wildman–Crippen LogP) is 1.42. The molecule has 0 spiro atoms. The predicted molar refractivity (Wildman–Crippen MR) is 62.9 cm³/mol. The second kappa shape index (κ2) is 4.50. The highest BCUT2D eigenvalue weighted by Gasteiger charge is 2.10. The second-order valence-electron chi connectivity index (χ2n) is 3.51. The van der Waals surface area contributed by atoms with Crippen LogP contribution in [0.1, 0.15) is 16.1 Å². The maximum absolute atomic E-state index is 11.8. The minimum absolute atomic E-state index is 0.184. The van der Waals surface area contributed by atoms with E-state index in [0.29, 0.717) is 16.4 Å². The zero-order valence-electron chi connectivity index (χ0n) is 9.31. The molecule has 7 heteroatoms. The average Bonchev–Trinajstić information content (AvgIpc) is 2.63. The first-order chi connectivity index (χ1) is 8.04. The van der Waals surface area contributed by atoms with Gasteiger partial charge in [-0.3, -0.25) is 14.8 Å². The van der Waals surface area contributed by atoms with E-state index in [9.17, 15) is 4.79 Å². The van der Waals surface area contributed by atoms with Crippen molar-refractivity contribution in [1.82, 2.24) is 19.7 Å². The van der Waals surface area contributed by atoms with Gasteiger partial charge >= 0.3 is 0 Å². The van der Waals surface area contributed by atoms with E-state index in [-0.39, 0.29) is 11.9 Å². The summed E-state index contributed by atoms with van der Waals surface area (Å²) in [5.41, 5.74) is 1.13. The van der Waals surface area contributed by atoms with Gasteiger partial charge in [0.15, 0.2) is 0 Å². The van der Waals surface area contributed by atoms with Crippen LogP contribution < -0.4 is 5.32 Å². The standard InChI is InChI=1S/C10H10ClN5O/c1-6-3-8(11)14-10(13-6)15-9(17)7-4-12-16(2)5-7/h3-5H,1-2H3,(H,13,14,15,17). The molecule has 0 saturated carbocycles. The van der Waals surface area contributed by atoms with Crippen LogP contribution in [0.15, 0.2) is 18.5 Å². The number of nitrogens with zero attached hydrogens (tertiary/aromatic N) is 4. The van der Waals surface area contributed by atoms with E-state index < -0.39 is 0 Å². The minimum Gasteiger partial charge on any atom is -0.290 e. The van der Waals surface area contributed by atoms with E-state index >= 15 is 0 Å². The van der Waals surface area contributed by atoms with Crippen molar-refractivity contribution in [3.63, 3.8) is 0 Å².